The molecule has 6 nitrogen and oxygen atoms in total. The molecule has 0 spiro atoms. The van der Waals surface area contributed by atoms with Crippen molar-refractivity contribution in [1.29, 1.82) is 0 Å². The van der Waals surface area contributed by atoms with E-state index >= 15 is 0 Å². The number of carboxylic acid groups (broad SMARTS) is 1. The van der Waals surface area contributed by atoms with Gasteiger partial charge in [-0.15, -0.1) is 0 Å². The molecule has 0 unspecified atom stereocenters. The maximum atomic E-state index is 12.4. The smallest absolute Gasteiger partial charge is 0.326 e. The zero-order chi connectivity index (χ0) is 25.4. The van der Waals surface area contributed by atoms with Crippen LogP contribution in [0.25, 0.3) is 6.08 Å². The number of carboxylic acids is 1. The van der Waals surface area contributed by atoms with Crippen LogP contribution in [0.3, 0.4) is 0 Å². The van der Waals surface area contributed by atoms with Crippen molar-refractivity contribution in [2.45, 2.75) is 19.1 Å². The van der Waals surface area contributed by atoms with E-state index in [1.54, 1.807) is 30.3 Å². The van der Waals surface area contributed by atoms with E-state index in [0.29, 0.717) is 31.6 Å². The summed E-state index contributed by atoms with van der Waals surface area (Å²) < 4.78 is 12.0. The summed E-state index contributed by atoms with van der Waals surface area (Å²) in [7, 11) is 1.51. The molecule has 3 aromatic carbocycles. The van der Waals surface area contributed by atoms with Crippen molar-refractivity contribution >= 4 is 57.1 Å². The van der Waals surface area contributed by atoms with E-state index in [0.717, 1.165) is 11.1 Å². The molecule has 0 radical (unpaired) electrons. The second kappa shape index (κ2) is 12.6. The van der Waals surface area contributed by atoms with E-state index in [1.807, 2.05) is 36.4 Å². The summed E-state index contributed by atoms with van der Waals surface area (Å²) in [5.41, 5.74) is 2.30. The zero-order valence-electron chi connectivity index (χ0n) is 18.6. The number of rotatable bonds is 10. The lowest BCUT2D eigenvalue weighted by Crippen LogP contribution is -2.41. The molecule has 1 amide bonds. The van der Waals surface area contributed by atoms with Gasteiger partial charge in [0.2, 0.25) is 5.91 Å². The Labute approximate surface area is 221 Å². The molecule has 0 aliphatic heterocycles. The Hall–Kier alpha value is -3.00. The molecule has 3 aromatic rings. The van der Waals surface area contributed by atoms with Crippen molar-refractivity contribution < 1.29 is 24.2 Å². The van der Waals surface area contributed by atoms with Crippen LogP contribution >= 0.6 is 39.1 Å². The van der Waals surface area contributed by atoms with E-state index in [4.69, 9.17) is 32.7 Å². The number of aliphatic carboxylic acids is 1. The van der Waals surface area contributed by atoms with Crippen LogP contribution in [0.1, 0.15) is 16.7 Å². The Bertz CT molecular complexity index is 1230. The van der Waals surface area contributed by atoms with Crippen molar-refractivity contribution in [1.82, 2.24) is 5.32 Å². The number of carbonyl (C=O) groups is 2. The van der Waals surface area contributed by atoms with Crippen LogP contribution in [0.2, 0.25) is 10.0 Å². The lowest BCUT2D eigenvalue weighted by atomic mass is 10.1. The molecule has 2 N–H and O–H groups in total. The molecule has 182 valence electrons. The highest BCUT2D eigenvalue weighted by molar-refractivity contribution is 9.10. The lowest BCUT2D eigenvalue weighted by Gasteiger charge is -2.14. The molecular formula is C26H22BrCl2NO5. The van der Waals surface area contributed by atoms with E-state index in [-0.39, 0.29) is 13.0 Å². The summed E-state index contributed by atoms with van der Waals surface area (Å²) in [6.45, 7) is 0.238. The largest absolute Gasteiger partial charge is 0.493 e. The van der Waals surface area contributed by atoms with Gasteiger partial charge in [-0.1, -0.05) is 59.6 Å². The van der Waals surface area contributed by atoms with E-state index < -0.39 is 17.9 Å². The molecule has 9 heteroatoms. The van der Waals surface area contributed by atoms with Crippen molar-refractivity contribution in [2.75, 3.05) is 7.11 Å². The van der Waals surface area contributed by atoms with Crippen molar-refractivity contribution in [2.24, 2.45) is 0 Å². The van der Waals surface area contributed by atoms with Crippen LogP contribution in [0.4, 0.5) is 0 Å². The Morgan fingerprint density at radius 1 is 1.06 bits per heavy atom. The average Bonchev–Trinajstić information content (AvgIpc) is 2.84. The minimum atomic E-state index is -1.11. The number of benzene rings is 3. The molecule has 0 aliphatic carbocycles. The molecule has 0 saturated carbocycles. The lowest BCUT2D eigenvalue weighted by molar-refractivity contribution is -0.141. The number of hydrogen-bond acceptors (Lipinski definition) is 4. The first kappa shape index (κ1) is 26.6. The van der Waals surface area contributed by atoms with Gasteiger partial charge < -0.3 is 19.9 Å². The van der Waals surface area contributed by atoms with Gasteiger partial charge in [-0.2, -0.15) is 0 Å². The predicted octanol–water partition coefficient (Wildman–Crippen LogP) is 6.17. The number of nitrogens with one attached hydrogen (secondary N) is 1. The fraction of sp³-hybridized carbons (Fsp3) is 0.154. The number of ether oxygens (including phenoxy) is 2. The maximum Gasteiger partial charge on any atom is 0.326 e. The van der Waals surface area contributed by atoms with Crippen molar-refractivity contribution in [3.8, 4) is 11.5 Å². The third-order valence-corrected chi connectivity index (χ3v) is 6.27. The summed E-state index contributed by atoms with van der Waals surface area (Å²) >= 11 is 15.5. The first-order valence-electron chi connectivity index (χ1n) is 10.5. The average molecular weight is 579 g/mol. The summed E-state index contributed by atoms with van der Waals surface area (Å²) in [5.74, 6) is -0.701. The van der Waals surface area contributed by atoms with Crippen LogP contribution in [0, 0.1) is 0 Å². The van der Waals surface area contributed by atoms with E-state index in [2.05, 4.69) is 21.2 Å². The van der Waals surface area contributed by atoms with Gasteiger partial charge >= 0.3 is 5.97 Å². The third-order valence-electron chi connectivity index (χ3n) is 4.94. The van der Waals surface area contributed by atoms with Crippen LogP contribution in [-0.4, -0.2) is 30.1 Å². The Morgan fingerprint density at radius 2 is 1.80 bits per heavy atom. The van der Waals surface area contributed by atoms with Gasteiger partial charge in [0, 0.05) is 12.5 Å². The van der Waals surface area contributed by atoms with Gasteiger partial charge in [0.1, 0.15) is 12.6 Å². The maximum absolute atomic E-state index is 12.4. The SMILES string of the molecule is COc1cc(/C=C/C(=O)N[C@H](Cc2ccccc2)C(=O)O)cc(Br)c1OCc1ccc(Cl)c(Cl)c1. The second-order valence-electron chi connectivity index (χ2n) is 7.49. The zero-order valence-corrected chi connectivity index (χ0v) is 21.7. The number of amides is 1. The normalized spacial score (nSPS) is 11.8. The Morgan fingerprint density at radius 3 is 2.46 bits per heavy atom. The molecule has 35 heavy (non-hydrogen) atoms. The monoisotopic (exact) mass is 577 g/mol. The second-order valence-corrected chi connectivity index (χ2v) is 9.16. The summed E-state index contributed by atoms with van der Waals surface area (Å²) in [6, 6.07) is 16.8. The fourth-order valence-electron chi connectivity index (χ4n) is 3.20. The highest BCUT2D eigenvalue weighted by Crippen LogP contribution is 2.37. The number of methoxy groups -OCH3 is 1. The van der Waals surface area contributed by atoms with Gasteiger partial charge in [0.05, 0.1) is 21.6 Å². The number of carbonyl (C=O) groups excluding carboxylic acids is 1. The first-order chi connectivity index (χ1) is 16.8. The van der Waals surface area contributed by atoms with Crippen LogP contribution < -0.4 is 14.8 Å². The minimum Gasteiger partial charge on any atom is -0.493 e. The highest BCUT2D eigenvalue weighted by Gasteiger charge is 2.19. The van der Waals surface area contributed by atoms with Gasteiger partial charge in [-0.05, 0) is 63.0 Å². The van der Waals surface area contributed by atoms with Crippen molar-refractivity contribution in [3.63, 3.8) is 0 Å². The summed E-state index contributed by atoms with van der Waals surface area (Å²) in [4.78, 5) is 24.0. The molecule has 0 aliphatic rings. The highest BCUT2D eigenvalue weighted by atomic mass is 79.9. The standard InChI is InChI=1S/C26H22BrCl2NO5/c1-34-23-14-17(11-19(27)25(23)35-15-18-7-9-20(28)21(29)12-18)8-10-24(31)30-22(26(32)33)13-16-5-3-2-4-6-16/h2-12,14,22H,13,15H2,1H3,(H,30,31)(H,32,33)/b10-8+/t22-/m1/s1. The van der Waals surface area contributed by atoms with Gasteiger partial charge in [-0.3, -0.25) is 4.79 Å². The summed E-state index contributed by atoms with van der Waals surface area (Å²) in [5, 5.41) is 12.9. The topological polar surface area (TPSA) is 84.9 Å². The number of halogens is 3. The van der Waals surface area contributed by atoms with E-state index in [1.165, 1.54) is 13.2 Å². The number of hydrogen-bond donors (Lipinski definition) is 2. The van der Waals surface area contributed by atoms with Crippen LogP contribution in [0.15, 0.2) is 71.2 Å². The molecule has 0 bridgehead atoms. The Kier molecular flexibility index (Phi) is 9.60. The molecular weight excluding hydrogens is 557 g/mol. The Balaban J connectivity index is 1.68. The van der Waals surface area contributed by atoms with Crippen LogP contribution in [-0.2, 0) is 22.6 Å². The van der Waals surface area contributed by atoms with Crippen LogP contribution in [0.5, 0.6) is 11.5 Å². The molecule has 3 rings (SSSR count). The molecule has 0 saturated heterocycles. The minimum absolute atomic E-state index is 0.181. The molecule has 1 atom stereocenters. The first-order valence-corrected chi connectivity index (χ1v) is 12.0. The fourth-order valence-corrected chi connectivity index (χ4v) is 4.10. The van der Waals surface area contributed by atoms with Gasteiger partial charge in [0.25, 0.3) is 0 Å². The van der Waals surface area contributed by atoms with Gasteiger partial charge in [-0.25, -0.2) is 4.79 Å². The summed E-state index contributed by atoms with van der Waals surface area (Å²) in [6.07, 6.45) is 3.02. The predicted molar refractivity (Wildman–Crippen MR) is 140 cm³/mol. The molecule has 0 fully saturated rings. The third kappa shape index (κ3) is 7.75. The van der Waals surface area contributed by atoms with Crippen molar-refractivity contribution in [3.05, 3.63) is 97.9 Å². The van der Waals surface area contributed by atoms with E-state index in [9.17, 15) is 14.7 Å². The van der Waals surface area contributed by atoms with Gasteiger partial charge in [0.15, 0.2) is 11.5 Å². The molecule has 0 aromatic heterocycles. The quantitative estimate of drug-likeness (QED) is 0.281. The molecule has 0 heterocycles.